The lowest BCUT2D eigenvalue weighted by Crippen LogP contribution is -2.33. The Kier molecular flexibility index (Phi) is 6.89. The highest BCUT2D eigenvalue weighted by atomic mass is 19.1. The molecule has 0 amide bonds. The zero-order chi connectivity index (χ0) is 28.4. The van der Waals surface area contributed by atoms with Gasteiger partial charge in [-0.3, -0.25) is 9.97 Å². The van der Waals surface area contributed by atoms with Crippen molar-refractivity contribution >= 4 is 0 Å². The first-order valence-electron chi connectivity index (χ1n) is 12.9. The molecule has 0 saturated heterocycles. The largest absolute Gasteiger partial charge is 0.251 e. The molecule has 2 aromatic heterocycles. The van der Waals surface area contributed by atoms with Crippen LogP contribution in [0.3, 0.4) is 0 Å². The summed E-state index contributed by atoms with van der Waals surface area (Å²) in [6.45, 7) is 0. The van der Waals surface area contributed by atoms with E-state index in [9.17, 15) is 17.6 Å². The molecule has 0 unspecified atom stereocenters. The summed E-state index contributed by atoms with van der Waals surface area (Å²) in [5.74, 6) is -2.82. The van der Waals surface area contributed by atoms with Crippen molar-refractivity contribution in [3.63, 3.8) is 0 Å². The quantitative estimate of drug-likeness (QED) is 0.195. The van der Waals surface area contributed by atoms with Crippen molar-refractivity contribution < 1.29 is 17.6 Å². The van der Waals surface area contributed by atoms with E-state index in [0.29, 0.717) is 22.8 Å². The van der Waals surface area contributed by atoms with Crippen molar-refractivity contribution in [3.05, 3.63) is 179 Å². The maximum Gasteiger partial charge on any atom is 0.135 e. The molecule has 0 fully saturated rings. The number of nitrogens with zero attached hydrogens (tertiary/aromatic N) is 2. The third-order valence-corrected chi connectivity index (χ3v) is 7.09. The molecule has 6 rings (SSSR count). The second kappa shape index (κ2) is 10.8. The molecular weight excluding hydrogens is 524 g/mol. The van der Waals surface area contributed by atoms with Gasteiger partial charge in [0, 0.05) is 23.3 Å². The average Bonchev–Trinajstić information content (AvgIpc) is 2.99. The Morgan fingerprint density at radius 3 is 1.22 bits per heavy atom. The molecule has 6 heteroatoms. The van der Waals surface area contributed by atoms with E-state index in [1.165, 1.54) is 24.3 Å². The average molecular weight is 547 g/mol. The standard InChI is InChI=1S/C35H22F4N2/c36-25-17-19-27(29(38)21-25)31-13-7-15-33(40-31)35(23-9-3-1-4-10-23,24-11-5-2-6-12-24)34-16-8-14-32(41-34)28-20-18-26(37)22-30(28)39/h1-22H. The minimum absolute atomic E-state index is 0.151. The molecule has 2 heterocycles. The molecule has 200 valence electrons. The fourth-order valence-corrected chi connectivity index (χ4v) is 5.25. The summed E-state index contributed by atoms with van der Waals surface area (Å²) in [7, 11) is 0. The van der Waals surface area contributed by atoms with Gasteiger partial charge in [-0.05, 0) is 59.7 Å². The highest BCUT2D eigenvalue weighted by Crippen LogP contribution is 2.44. The highest BCUT2D eigenvalue weighted by molar-refractivity contribution is 5.65. The first-order valence-corrected chi connectivity index (χ1v) is 12.9. The lowest BCUT2D eigenvalue weighted by Gasteiger charge is -2.35. The minimum atomic E-state index is -1.12. The number of hydrogen-bond acceptors (Lipinski definition) is 2. The summed E-state index contributed by atoms with van der Waals surface area (Å²) >= 11 is 0. The molecule has 0 saturated carbocycles. The number of hydrogen-bond donors (Lipinski definition) is 0. The van der Waals surface area contributed by atoms with Crippen LogP contribution in [0, 0.1) is 23.3 Å². The molecule has 0 N–H and O–H groups in total. The molecule has 0 aliphatic carbocycles. The summed E-state index contributed by atoms with van der Waals surface area (Å²) in [5, 5.41) is 0. The molecule has 41 heavy (non-hydrogen) atoms. The SMILES string of the molecule is Fc1ccc(-c2cccc(C(c3ccccc3)(c3ccccc3)c3cccc(-c4ccc(F)cc4F)n3)n2)c(F)c1. The maximum absolute atomic E-state index is 14.9. The normalized spacial score (nSPS) is 11.4. The Morgan fingerprint density at radius 1 is 0.415 bits per heavy atom. The smallest absolute Gasteiger partial charge is 0.135 e. The predicted molar refractivity (Wildman–Crippen MR) is 151 cm³/mol. The van der Waals surface area contributed by atoms with E-state index < -0.39 is 28.7 Å². The highest BCUT2D eigenvalue weighted by Gasteiger charge is 2.41. The number of benzene rings is 4. The van der Waals surface area contributed by atoms with Gasteiger partial charge in [-0.25, -0.2) is 17.6 Å². The van der Waals surface area contributed by atoms with Crippen molar-refractivity contribution in [2.45, 2.75) is 5.41 Å². The summed E-state index contributed by atoms with van der Waals surface area (Å²) in [6.07, 6.45) is 0. The maximum atomic E-state index is 14.9. The second-order valence-electron chi connectivity index (χ2n) is 9.55. The lowest BCUT2D eigenvalue weighted by molar-refractivity contribution is 0.584. The first kappa shape index (κ1) is 26.1. The number of aromatic nitrogens is 2. The van der Waals surface area contributed by atoms with Crippen LogP contribution in [-0.4, -0.2) is 9.97 Å². The van der Waals surface area contributed by atoms with Crippen LogP contribution >= 0.6 is 0 Å². The Hall–Kier alpha value is -5.10. The third-order valence-electron chi connectivity index (χ3n) is 7.09. The molecule has 0 atom stereocenters. The second-order valence-corrected chi connectivity index (χ2v) is 9.55. The third kappa shape index (κ3) is 4.78. The molecule has 0 radical (unpaired) electrons. The van der Waals surface area contributed by atoms with E-state index >= 15 is 0 Å². The van der Waals surface area contributed by atoms with Crippen molar-refractivity contribution in [2.75, 3.05) is 0 Å². The van der Waals surface area contributed by atoms with Gasteiger partial charge in [0.15, 0.2) is 0 Å². The van der Waals surface area contributed by atoms with Gasteiger partial charge in [0.25, 0.3) is 0 Å². The van der Waals surface area contributed by atoms with Gasteiger partial charge in [0.2, 0.25) is 0 Å². The molecule has 0 bridgehead atoms. The fourth-order valence-electron chi connectivity index (χ4n) is 5.25. The number of halogens is 4. The number of pyridine rings is 2. The van der Waals surface area contributed by atoms with Crippen LogP contribution in [0.25, 0.3) is 22.5 Å². The topological polar surface area (TPSA) is 25.8 Å². The molecule has 6 aromatic rings. The van der Waals surface area contributed by atoms with Gasteiger partial charge in [-0.15, -0.1) is 0 Å². The van der Waals surface area contributed by atoms with E-state index in [0.717, 1.165) is 23.3 Å². The van der Waals surface area contributed by atoms with Crippen LogP contribution in [0.4, 0.5) is 17.6 Å². The molecule has 0 spiro atoms. The van der Waals surface area contributed by atoms with Crippen LogP contribution in [0.1, 0.15) is 22.5 Å². The van der Waals surface area contributed by atoms with Crippen LogP contribution < -0.4 is 0 Å². The van der Waals surface area contributed by atoms with Crippen molar-refractivity contribution in [1.82, 2.24) is 9.97 Å². The van der Waals surface area contributed by atoms with Crippen LogP contribution in [0.5, 0.6) is 0 Å². The molecule has 4 aromatic carbocycles. The monoisotopic (exact) mass is 546 g/mol. The van der Waals surface area contributed by atoms with E-state index in [4.69, 9.17) is 9.97 Å². The van der Waals surface area contributed by atoms with Gasteiger partial charge in [0.05, 0.1) is 22.8 Å². The molecule has 0 aliphatic rings. The van der Waals surface area contributed by atoms with Crippen molar-refractivity contribution in [2.24, 2.45) is 0 Å². The van der Waals surface area contributed by atoms with E-state index in [1.54, 1.807) is 24.3 Å². The van der Waals surface area contributed by atoms with E-state index in [1.807, 2.05) is 72.8 Å². The Morgan fingerprint density at radius 2 is 0.829 bits per heavy atom. The minimum Gasteiger partial charge on any atom is -0.251 e. The van der Waals surface area contributed by atoms with Gasteiger partial charge in [0.1, 0.15) is 28.7 Å². The van der Waals surface area contributed by atoms with E-state index in [-0.39, 0.29) is 11.1 Å². The zero-order valence-corrected chi connectivity index (χ0v) is 21.6. The van der Waals surface area contributed by atoms with E-state index in [2.05, 4.69) is 0 Å². The van der Waals surface area contributed by atoms with Gasteiger partial charge < -0.3 is 0 Å². The summed E-state index contributed by atoms with van der Waals surface area (Å²) < 4.78 is 57.2. The Balaban J connectivity index is 1.67. The summed E-state index contributed by atoms with van der Waals surface area (Å²) in [6, 6.07) is 36.5. The summed E-state index contributed by atoms with van der Waals surface area (Å²) in [5.41, 5.74) is 2.51. The number of rotatable bonds is 6. The molecular formula is C35H22F4N2. The molecule has 2 nitrogen and oxygen atoms in total. The Bertz CT molecular complexity index is 1700. The van der Waals surface area contributed by atoms with Crippen LogP contribution in [0.2, 0.25) is 0 Å². The van der Waals surface area contributed by atoms with Crippen molar-refractivity contribution in [3.8, 4) is 22.5 Å². The zero-order valence-electron chi connectivity index (χ0n) is 21.6. The molecule has 0 aliphatic heterocycles. The van der Waals surface area contributed by atoms with Gasteiger partial charge in [-0.1, -0.05) is 72.8 Å². The van der Waals surface area contributed by atoms with Gasteiger partial charge >= 0.3 is 0 Å². The predicted octanol–water partition coefficient (Wildman–Crippen LogP) is 8.75. The Labute approximate surface area is 234 Å². The fraction of sp³-hybridized carbons (Fsp3) is 0.0286. The van der Waals surface area contributed by atoms with Gasteiger partial charge in [-0.2, -0.15) is 0 Å². The lowest BCUT2D eigenvalue weighted by atomic mass is 9.69. The van der Waals surface area contributed by atoms with Crippen LogP contribution in [-0.2, 0) is 5.41 Å². The van der Waals surface area contributed by atoms with Crippen molar-refractivity contribution in [1.29, 1.82) is 0 Å². The summed E-state index contributed by atoms with van der Waals surface area (Å²) in [4.78, 5) is 9.88. The van der Waals surface area contributed by atoms with Crippen LogP contribution in [0.15, 0.2) is 133 Å². The first-order chi connectivity index (χ1) is 20.0.